The Bertz CT molecular complexity index is 634. The number of nitrogens with one attached hydrogen (secondary N) is 1. The van der Waals surface area contributed by atoms with E-state index in [1.165, 1.54) is 12.8 Å². The number of aliphatic hydroxyl groups excluding tert-OH is 1. The Labute approximate surface area is 127 Å². The molecule has 1 unspecified atom stereocenters. The first-order valence-electron chi connectivity index (χ1n) is 7.44. The lowest BCUT2D eigenvalue weighted by Crippen LogP contribution is -2.28. The lowest BCUT2D eigenvalue weighted by molar-refractivity contribution is 0.135. The quantitative estimate of drug-likeness (QED) is 0.888. The number of pyridine rings is 1. The van der Waals surface area contributed by atoms with Crippen molar-refractivity contribution in [1.82, 2.24) is 15.3 Å². The molecule has 0 saturated carbocycles. The molecule has 2 aliphatic rings. The number of rotatable bonds is 2. The second-order valence-corrected chi connectivity index (χ2v) is 6.57. The summed E-state index contributed by atoms with van der Waals surface area (Å²) in [6.07, 6.45) is 4.72. The molecule has 0 spiro atoms. The van der Waals surface area contributed by atoms with Crippen molar-refractivity contribution in [2.45, 2.75) is 25.5 Å². The average molecular weight is 302 g/mol. The first-order valence-corrected chi connectivity index (χ1v) is 8.25. The molecule has 0 amide bonds. The zero-order valence-electron chi connectivity index (χ0n) is 11.7. The van der Waals surface area contributed by atoms with Crippen LogP contribution in [0.4, 0.5) is 5.82 Å². The van der Waals surface area contributed by atoms with Gasteiger partial charge in [0.25, 0.3) is 0 Å². The highest BCUT2D eigenvalue weighted by atomic mass is 32.1. The third-order valence-corrected chi connectivity index (χ3v) is 5.30. The van der Waals surface area contributed by atoms with E-state index in [0.717, 1.165) is 53.0 Å². The van der Waals surface area contributed by atoms with Crippen molar-refractivity contribution in [2.75, 3.05) is 24.5 Å². The maximum Gasteiger partial charge on any atom is 0.142 e. The van der Waals surface area contributed by atoms with Gasteiger partial charge in [-0.3, -0.25) is 5.32 Å². The van der Waals surface area contributed by atoms with Crippen LogP contribution < -0.4 is 10.2 Å². The SMILES string of the molecule is OC1NCCc2nc(-c3ccc(N4CCCC4)nc3)sc21. The van der Waals surface area contributed by atoms with Crippen LogP contribution in [0.3, 0.4) is 0 Å². The summed E-state index contributed by atoms with van der Waals surface area (Å²) < 4.78 is 0. The van der Waals surface area contributed by atoms with Gasteiger partial charge >= 0.3 is 0 Å². The summed E-state index contributed by atoms with van der Waals surface area (Å²) in [5.41, 5.74) is 2.05. The largest absolute Gasteiger partial charge is 0.373 e. The van der Waals surface area contributed by atoms with Gasteiger partial charge in [-0.1, -0.05) is 0 Å². The lowest BCUT2D eigenvalue weighted by atomic mass is 10.2. The van der Waals surface area contributed by atoms with Crippen molar-refractivity contribution >= 4 is 17.2 Å². The molecule has 2 N–H and O–H groups in total. The molecule has 2 aromatic heterocycles. The normalized spacial score (nSPS) is 21.6. The van der Waals surface area contributed by atoms with E-state index in [-0.39, 0.29) is 0 Å². The highest BCUT2D eigenvalue weighted by Gasteiger charge is 2.23. The topological polar surface area (TPSA) is 61.3 Å². The summed E-state index contributed by atoms with van der Waals surface area (Å²) in [5, 5.41) is 13.9. The number of aliphatic hydroxyl groups is 1. The van der Waals surface area contributed by atoms with Gasteiger partial charge in [0.1, 0.15) is 17.1 Å². The highest BCUT2D eigenvalue weighted by molar-refractivity contribution is 7.15. The van der Waals surface area contributed by atoms with Crippen LogP contribution in [0.25, 0.3) is 10.6 Å². The number of anilines is 1. The zero-order valence-corrected chi connectivity index (χ0v) is 12.6. The van der Waals surface area contributed by atoms with Crippen LogP contribution in [0.5, 0.6) is 0 Å². The van der Waals surface area contributed by atoms with Gasteiger partial charge in [0.15, 0.2) is 0 Å². The lowest BCUT2D eigenvalue weighted by Gasteiger charge is -2.16. The van der Waals surface area contributed by atoms with Gasteiger partial charge in [0.05, 0.1) is 10.6 Å². The van der Waals surface area contributed by atoms with E-state index in [2.05, 4.69) is 32.3 Å². The number of nitrogens with zero attached hydrogens (tertiary/aromatic N) is 3. The summed E-state index contributed by atoms with van der Waals surface area (Å²) in [7, 11) is 0. The first-order chi connectivity index (χ1) is 10.3. The molecule has 5 nitrogen and oxygen atoms in total. The Kier molecular flexibility index (Phi) is 3.37. The maximum atomic E-state index is 9.95. The fraction of sp³-hybridized carbons (Fsp3) is 0.467. The Morgan fingerprint density at radius 2 is 2.14 bits per heavy atom. The van der Waals surface area contributed by atoms with Gasteiger partial charge in [-0.05, 0) is 25.0 Å². The number of hydrogen-bond acceptors (Lipinski definition) is 6. The molecule has 1 saturated heterocycles. The molecule has 1 atom stereocenters. The van der Waals surface area contributed by atoms with E-state index in [1.807, 2.05) is 6.20 Å². The predicted molar refractivity (Wildman–Crippen MR) is 83.5 cm³/mol. The van der Waals surface area contributed by atoms with E-state index in [1.54, 1.807) is 11.3 Å². The second-order valence-electron chi connectivity index (χ2n) is 5.54. The predicted octanol–water partition coefficient (Wildman–Crippen LogP) is 1.94. The van der Waals surface area contributed by atoms with E-state index in [4.69, 9.17) is 0 Å². The standard InChI is InChI=1S/C15H18N4OS/c20-14-13-11(5-6-16-14)18-15(21-13)10-3-4-12(17-9-10)19-7-1-2-8-19/h3-4,9,14,16,20H,1-2,5-8H2. The molecule has 4 heterocycles. The van der Waals surface area contributed by atoms with Crippen molar-refractivity contribution in [2.24, 2.45) is 0 Å². The molecule has 4 rings (SSSR count). The molecule has 0 bridgehead atoms. The second kappa shape index (κ2) is 5.36. The summed E-state index contributed by atoms with van der Waals surface area (Å²) in [4.78, 5) is 12.5. The Balaban J connectivity index is 1.61. The van der Waals surface area contributed by atoms with Gasteiger partial charge in [0.2, 0.25) is 0 Å². The third-order valence-electron chi connectivity index (χ3n) is 4.10. The number of thiazole rings is 1. The van der Waals surface area contributed by atoms with Crippen LogP contribution >= 0.6 is 11.3 Å². The van der Waals surface area contributed by atoms with Crippen molar-refractivity contribution in [3.63, 3.8) is 0 Å². The Morgan fingerprint density at radius 3 is 2.86 bits per heavy atom. The molecule has 2 aromatic rings. The smallest absolute Gasteiger partial charge is 0.142 e. The summed E-state index contributed by atoms with van der Waals surface area (Å²) >= 11 is 1.56. The van der Waals surface area contributed by atoms with Crippen LogP contribution in [0, 0.1) is 0 Å². The van der Waals surface area contributed by atoms with Gasteiger partial charge in [-0.2, -0.15) is 0 Å². The van der Waals surface area contributed by atoms with Crippen molar-refractivity contribution in [3.8, 4) is 10.6 Å². The van der Waals surface area contributed by atoms with Crippen LogP contribution in [-0.2, 0) is 6.42 Å². The van der Waals surface area contributed by atoms with Crippen molar-refractivity contribution in [3.05, 3.63) is 28.9 Å². The number of fused-ring (bicyclic) bond motifs is 1. The van der Waals surface area contributed by atoms with E-state index >= 15 is 0 Å². The molecule has 110 valence electrons. The highest BCUT2D eigenvalue weighted by Crippen LogP contribution is 2.33. The molecule has 0 aromatic carbocycles. The molecular formula is C15H18N4OS. The molecule has 6 heteroatoms. The van der Waals surface area contributed by atoms with Gasteiger partial charge in [-0.25, -0.2) is 9.97 Å². The number of aromatic nitrogens is 2. The molecule has 0 aliphatic carbocycles. The molecule has 1 fully saturated rings. The molecule has 21 heavy (non-hydrogen) atoms. The number of hydrogen-bond donors (Lipinski definition) is 2. The van der Waals surface area contributed by atoms with Gasteiger partial charge in [0, 0.05) is 37.8 Å². The third kappa shape index (κ3) is 2.43. The van der Waals surface area contributed by atoms with Crippen molar-refractivity contribution < 1.29 is 5.11 Å². The fourth-order valence-electron chi connectivity index (χ4n) is 2.95. The van der Waals surface area contributed by atoms with Gasteiger partial charge < -0.3 is 10.0 Å². The Hall–Kier alpha value is -1.50. The van der Waals surface area contributed by atoms with Crippen LogP contribution in [-0.4, -0.2) is 34.7 Å². The zero-order chi connectivity index (χ0) is 14.2. The van der Waals surface area contributed by atoms with E-state index in [9.17, 15) is 5.11 Å². The summed E-state index contributed by atoms with van der Waals surface area (Å²) in [5.74, 6) is 1.05. The minimum Gasteiger partial charge on any atom is -0.373 e. The Morgan fingerprint density at radius 1 is 1.29 bits per heavy atom. The monoisotopic (exact) mass is 302 g/mol. The van der Waals surface area contributed by atoms with Crippen molar-refractivity contribution in [1.29, 1.82) is 0 Å². The first kappa shape index (κ1) is 13.2. The molecular weight excluding hydrogens is 284 g/mol. The maximum absolute atomic E-state index is 9.95. The van der Waals surface area contributed by atoms with Crippen LogP contribution in [0.2, 0.25) is 0 Å². The summed E-state index contributed by atoms with van der Waals surface area (Å²) in [6.45, 7) is 3.00. The van der Waals surface area contributed by atoms with Gasteiger partial charge in [-0.15, -0.1) is 11.3 Å². The molecule has 2 aliphatic heterocycles. The summed E-state index contributed by atoms with van der Waals surface area (Å²) in [6, 6.07) is 4.17. The average Bonchev–Trinajstić information content (AvgIpc) is 3.18. The van der Waals surface area contributed by atoms with E-state index in [0.29, 0.717) is 0 Å². The van der Waals surface area contributed by atoms with Crippen LogP contribution in [0.1, 0.15) is 29.6 Å². The molecule has 0 radical (unpaired) electrons. The van der Waals surface area contributed by atoms with Crippen LogP contribution in [0.15, 0.2) is 18.3 Å². The minimum atomic E-state index is -0.572. The minimum absolute atomic E-state index is 0.572. The fourth-order valence-corrected chi connectivity index (χ4v) is 4.01. The van der Waals surface area contributed by atoms with E-state index < -0.39 is 6.23 Å².